The third kappa shape index (κ3) is 5.61. The van der Waals surface area contributed by atoms with E-state index in [9.17, 15) is 4.79 Å². The molecule has 5 heteroatoms. The van der Waals surface area contributed by atoms with Crippen LogP contribution < -0.4 is 10.6 Å². The second-order valence-electron chi connectivity index (χ2n) is 5.25. The van der Waals surface area contributed by atoms with Gasteiger partial charge in [-0.3, -0.25) is 4.90 Å². The number of ether oxygens (including phenoxy) is 1. The van der Waals surface area contributed by atoms with Crippen molar-refractivity contribution in [2.75, 3.05) is 18.0 Å². The molecule has 0 saturated heterocycles. The SMILES string of the molecule is CC(C)(C)OC(=O)N(CCCN)c1cccc(Br)c1. The Morgan fingerprint density at radius 2 is 2.11 bits per heavy atom. The maximum absolute atomic E-state index is 12.2. The minimum absolute atomic E-state index is 0.348. The summed E-state index contributed by atoms with van der Waals surface area (Å²) in [5.41, 5.74) is 5.82. The van der Waals surface area contributed by atoms with E-state index in [-0.39, 0.29) is 6.09 Å². The summed E-state index contributed by atoms with van der Waals surface area (Å²) in [6.07, 6.45) is 0.380. The number of nitrogens with zero attached hydrogens (tertiary/aromatic N) is 1. The Bertz CT molecular complexity index is 430. The summed E-state index contributed by atoms with van der Waals surface area (Å²) in [7, 11) is 0. The van der Waals surface area contributed by atoms with Crippen molar-refractivity contribution in [3.63, 3.8) is 0 Å². The molecule has 0 saturated carbocycles. The molecule has 0 aliphatic rings. The number of rotatable bonds is 4. The lowest BCUT2D eigenvalue weighted by molar-refractivity contribution is 0.0580. The highest BCUT2D eigenvalue weighted by Gasteiger charge is 2.23. The Hall–Kier alpha value is -1.07. The fraction of sp³-hybridized carbons (Fsp3) is 0.500. The quantitative estimate of drug-likeness (QED) is 0.919. The minimum Gasteiger partial charge on any atom is -0.443 e. The molecule has 4 nitrogen and oxygen atoms in total. The molecule has 0 aliphatic carbocycles. The van der Waals surface area contributed by atoms with Gasteiger partial charge in [-0.05, 0) is 51.9 Å². The normalized spacial score (nSPS) is 11.2. The molecule has 106 valence electrons. The maximum Gasteiger partial charge on any atom is 0.414 e. The van der Waals surface area contributed by atoms with Gasteiger partial charge in [0.2, 0.25) is 0 Å². The first-order valence-corrected chi connectivity index (χ1v) is 7.09. The van der Waals surface area contributed by atoms with Crippen LogP contribution in [0.3, 0.4) is 0 Å². The molecule has 1 amide bonds. The Kier molecular flexibility index (Phi) is 5.82. The standard InChI is InChI=1S/C14H21BrN2O2/c1-14(2,3)19-13(18)17(9-5-8-16)12-7-4-6-11(15)10-12/h4,6-7,10H,5,8-9,16H2,1-3H3. The Labute approximate surface area is 123 Å². The van der Waals surface area contributed by atoms with Crippen molar-refractivity contribution < 1.29 is 9.53 Å². The van der Waals surface area contributed by atoms with Crippen LogP contribution in [0.4, 0.5) is 10.5 Å². The van der Waals surface area contributed by atoms with Crippen LogP contribution in [0.15, 0.2) is 28.7 Å². The van der Waals surface area contributed by atoms with Gasteiger partial charge in [0.05, 0.1) is 0 Å². The molecule has 0 spiro atoms. The van der Waals surface area contributed by atoms with E-state index in [2.05, 4.69) is 15.9 Å². The first-order valence-electron chi connectivity index (χ1n) is 6.29. The van der Waals surface area contributed by atoms with Gasteiger partial charge in [-0.2, -0.15) is 0 Å². The summed E-state index contributed by atoms with van der Waals surface area (Å²) in [6, 6.07) is 7.57. The number of benzene rings is 1. The van der Waals surface area contributed by atoms with Crippen molar-refractivity contribution in [1.82, 2.24) is 0 Å². The number of carbonyl (C=O) groups excluding carboxylic acids is 1. The molecule has 0 atom stereocenters. The van der Waals surface area contributed by atoms with E-state index >= 15 is 0 Å². The van der Waals surface area contributed by atoms with Crippen molar-refractivity contribution in [3.05, 3.63) is 28.7 Å². The van der Waals surface area contributed by atoms with Crippen LogP contribution in [0.25, 0.3) is 0 Å². The molecular formula is C14H21BrN2O2. The smallest absolute Gasteiger partial charge is 0.414 e. The van der Waals surface area contributed by atoms with Crippen LogP contribution in [0.1, 0.15) is 27.2 Å². The summed E-state index contributed by atoms with van der Waals surface area (Å²) in [5.74, 6) is 0. The lowest BCUT2D eigenvalue weighted by atomic mass is 10.2. The molecule has 19 heavy (non-hydrogen) atoms. The Balaban J connectivity index is 2.91. The van der Waals surface area contributed by atoms with Crippen LogP contribution in [0, 0.1) is 0 Å². The highest BCUT2D eigenvalue weighted by Crippen LogP contribution is 2.22. The monoisotopic (exact) mass is 328 g/mol. The molecule has 0 aliphatic heterocycles. The Morgan fingerprint density at radius 3 is 2.63 bits per heavy atom. The second kappa shape index (κ2) is 6.91. The molecule has 0 fully saturated rings. The summed E-state index contributed by atoms with van der Waals surface area (Å²) < 4.78 is 6.34. The van der Waals surface area contributed by atoms with E-state index in [1.165, 1.54) is 0 Å². The number of nitrogens with two attached hydrogens (primary N) is 1. The van der Waals surface area contributed by atoms with Gasteiger partial charge >= 0.3 is 6.09 Å². The third-order valence-corrected chi connectivity index (χ3v) is 2.81. The third-order valence-electron chi connectivity index (χ3n) is 2.32. The molecule has 2 N–H and O–H groups in total. The summed E-state index contributed by atoms with van der Waals surface area (Å²) in [5, 5.41) is 0. The predicted molar refractivity (Wildman–Crippen MR) is 81.4 cm³/mol. The van der Waals surface area contributed by atoms with Crippen LogP contribution in [-0.2, 0) is 4.74 Å². The zero-order valence-corrected chi connectivity index (χ0v) is 13.2. The van der Waals surface area contributed by atoms with E-state index < -0.39 is 5.60 Å². The molecule has 1 aromatic carbocycles. The molecule has 0 unspecified atom stereocenters. The molecule has 0 bridgehead atoms. The molecule has 1 rings (SSSR count). The van der Waals surface area contributed by atoms with E-state index in [0.717, 1.165) is 16.6 Å². The maximum atomic E-state index is 12.2. The molecule has 0 heterocycles. The highest BCUT2D eigenvalue weighted by molar-refractivity contribution is 9.10. The number of hydrogen-bond acceptors (Lipinski definition) is 3. The number of halogens is 1. The largest absolute Gasteiger partial charge is 0.443 e. The van der Waals surface area contributed by atoms with Gasteiger partial charge in [-0.15, -0.1) is 0 Å². The van der Waals surface area contributed by atoms with Gasteiger partial charge in [0.15, 0.2) is 0 Å². The first kappa shape index (κ1) is 16.0. The van der Waals surface area contributed by atoms with Crippen molar-refractivity contribution in [3.8, 4) is 0 Å². The lowest BCUT2D eigenvalue weighted by Crippen LogP contribution is -2.38. The van der Waals surface area contributed by atoms with Gasteiger partial charge in [-0.1, -0.05) is 22.0 Å². The van der Waals surface area contributed by atoms with E-state index in [0.29, 0.717) is 13.1 Å². The lowest BCUT2D eigenvalue weighted by Gasteiger charge is -2.27. The number of amides is 1. The predicted octanol–water partition coefficient (Wildman–Crippen LogP) is 3.54. The van der Waals surface area contributed by atoms with Gasteiger partial charge in [-0.25, -0.2) is 4.79 Å². The van der Waals surface area contributed by atoms with Crippen LogP contribution >= 0.6 is 15.9 Å². The number of hydrogen-bond donors (Lipinski definition) is 1. The average molecular weight is 329 g/mol. The minimum atomic E-state index is -0.510. The van der Waals surface area contributed by atoms with Gasteiger partial charge in [0.25, 0.3) is 0 Å². The fourth-order valence-corrected chi connectivity index (χ4v) is 1.92. The average Bonchev–Trinajstić information content (AvgIpc) is 2.27. The molecule has 1 aromatic rings. The Morgan fingerprint density at radius 1 is 1.42 bits per heavy atom. The zero-order chi connectivity index (χ0) is 14.5. The van der Waals surface area contributed by atoms with E-state index in [4.69, 9.17) is 10.5 Å². The van der Waals surface area contributed by atoms with E-state index in [1.807, 2.05) is 45.0 Å². The summed E-state index contributed by atoms with van der Waals surface area (Å²) in [6.45, 7) is 6.64. The molecule has 0 aromatic heterocycles. The van der Waals surface area contributed by atoms with E-state index in [1.54, 1.807) is 4.90 Å². The van der Waals surface area contributed by atoms with Gasteiger partial charge in [0.1, 0.15) is 5.60 Å². The van der Waals surface area contributed by atoms with Crippen molar-refractivity contribution in [1.29, 1.82) is 0 Å². The summed E-state index contributed by atoms with van der Waals surface area (Å²) in [4.78, 5) is 13.8. The van der Waals surface area contributed by atoms with Crippen LogP contribution in [-0.4, -0.2) is 24.8 Å². The zero-order valence-electron chi connectivity index (χ0n) is 11.6. The van der Waals surface area contributed by atoms with Crippen LogP contribution in [0.5, 0.6) is 0 Å². The first-order chi connectivity index (χ1) is 8.83. The van der Waals surface area contributed by atoms with Crippen molar-refractivity contribution in [2.24, 2.45) is 5.73 Å². The topological polar surface area (TPSA) is 55.6 Å². The van der Waals surface area contributed by atoms with Gasteiger partial charge in [0, 0.05) is 16.7 Å². The number of anilines is 1. The number of carbonyl (C=O) groups is 1. The summed E-state index contributed by atoms with van der Waals surface area (Å²) >= 11 is 3.41. The van der Waals surface area contributed by atoms with Crippen molar-refractivity contribution in [2.45, 2.75) is 32.8 Å². The fourth-order valence-electron chi connectivity index (χ4n) is 1.54. The van der Waals surface area contributed by atoms with Crippen molar-refractivity contribution >= 4 is 27.7 Å². The molecular weight excluding hydrogens is 308 g/mol. The second-order valence-corrected chi connectivity index (χ2v) is 6.17. The van der Waals surface area contributed by atoms with Gasteiger partial charge < -0.3 is 10.5 Å². The van der Waals surface area contributed by atoms with Crippen LogP contribution in [0.2, 0.25) is 0 Å². The highest BCUT2D eigenvalue weighted by atomic mass is 79.9. The molecule has 0 radical (unpaired) electrons.